The van der Waals surface area contributed by atoms with Crippen molar-refractivity contribution in [3.63, 3.8) is 0 Å². The number of fused-ring (bicyclic) bond motifs is 1. The summed E-state index contributed by atoms with van der Waals surface area (Å²) in [7, 11) is 4.05. The summed E-state index contributed by atoms with van der Waals surface area (Å²) in [6.07, 6.45) is 1.28. The topological polar surface area (TPSA) is 32.3 Å². The highest BCUT2D eigenvalue weighted by Gasteiger charge is 2.41. The summed E-state index contributed by atoms with van der Waals surface area (Å²) in [6.45, 7) is 1.97. The molecule has 1 aliphatic heterocycles. The fourth-order valence-electron chi connectivity index (χ4n) is 3.41. The fraction of sp³-hybridized carbons (Fsp3) is 0.350. The summed E-state index contributed by atoms with van der Waals surface area (Å²) in [6, 6.07) is 13.5. The number of carbonyl (C=O) groups is 1. The monoisotopic (exact) mass is 412 g/mol. The van der Waals surface area contributed by atoms with Gasteiger partial charge < -0.3 is 0 Å². The van der Waals surface area contributed by atoms with E-state index in [-0.39, 0.29) is 24.4 Å². The molecule has 6 heteroatoms. The predicted octanol–water partition coefficient (Wildman–Crippen LogP) is 4.48. The Balaban J connectivity index is 0.00000243. The number of nitrogens with one attached hydrogen (secondary N) is 1. The number of halogens is 3. The third kappa shape index (κ3) is 4.08. The summed E-state index contributed by atoms with van der Waals surface area (Å²) in [4.78, 5) is 15.4. The van der Waals surface area contributed by atoms with Gasteiger partial charge in [0.2, 0.25) is 0 Å². The Morgan fingerprint density at radius 1 is 1.19 bits per heavy atom. The van der Waals surface area contributed by atoms with E-state index in [1.165, 1.54) is 5.56 Å². The summed E-state index contributed by atoms with van der Waals surface area (Å²) in [5.74, 6) is 0.116. The van der Waals surface area contributed by atoms with E-state index in [2.05, 4.69) is 16.3 Å². The maximum Gasteiger partial charge on any atom is 0.161 e. The van der Waals surface area contributed by atoms with Gasteiger partial charge in [0.25, 0.3) is 0 Å². The minimum atomic E-state index is -0.740. The predicted molar refractivity (Wildman–Crippen MR) is 111 cm³/mol. The Morgan fingerprint density at radius 2 is 1.88 bits per heavy atom. The molecule has 2 atom stereocenters. The van der Waals surface area contributed by atoms with Crippen LogP contribution in [-0.4, -0.2) is 30.9 Å². The van der Waals surface area contributed by atoms with Crippen LogP contribution in [0.4, 0.5) is 0 Å². The molecule has 1 unspecified atom stereocenters. The van der Waals surface area contributed by atoms with Gasteiger partial charge in [-0.3, -0.25) is 15.0 Å². The van der Waals surface area contributed by atoms with E-state index in [1.54, 1.807) is 12.1 Å². The van der Waals surface area contributed by atoms with Crippen LogP contribution in [0.1, 0.15) is 23.6 Å². The van der Waals surface area contributed by atoms with Crippen LogP contribution in [-0.2, 0) is 23.2 Å². The minimum absolute atomic E-state index is 0. The molecule has 0 bridgehead atoms. The van der Waals surface area contributed by atoms with Gasteiger partial charge in [-0.1, -0.05) is 53.5 Å². The number of ketones is 1. The third-order valence-corrected chi connectivity index (χ3v) is 5.69. The first-order chi connectivity index (χ1) is 11.8. The molecule has 0 aromatic heterocycles. The Labute approximate surface area is 171 Å². The molecule has 0 spiro atoms. The maximum atomic E-state index is 13.3. The normalized spacial score (nSPS) is 21.8. The van der Waals surface area contributed by atoms with E-state index in [4.69, 9.17) is 23.2 Å². The number of rotatable bonds is 4. The van der Waals surface area contributed by atoms with E-state index in [0.717, 1.165) is 17.5 Å². The molecule has 1 aliphatic rings. The molecular weight excluding hydrogens is 391 g/mol. The van der Waals surface area contributed by atoms with Crippen molar-refractivity contribution >= 4 is 41.4 Å². The number of Topliss-reactive ketones (excluding diaryl/α,β-unsaturated/α-hetero) is 1. The van der Waals surface area contributed by atoms with Crippen LogP contribution in [0.3, 0.4) is 0 Å². The largest absolute Gasteiger partial charge is 0.297 e. The number of benzene rings is 2. The minimum Gasteiger partial charge on any atom is -0.297 e. The van der Waals surface area contributed by atoms with Crippen LogP contribution in [0.25, 0.3) is 0 Å². The maximum absolute atomic E-state index is 13.3. The molecule has 0 radical (unpaired) electrons. The average molecular weight is 414 g/mol. The number of hydrogen-bond acceptors (Lipinski definition) is 3. The molecule has 0 saturated carbocycles. The van der Waals surface area contributed by atoms with Crippen molar-refractivity contribution in [1.82, 2.24) is 10.2 Å². The van der Waals surface area contributed by atoms with Crippen LogP contribution < -0.4 is 5.32 Å². The molecule has 0 fully saturated rings. The highest BCUT2D eigenvalue weighted by atomic mass is 35.5. The Morgan fingerprint density at radius 3 is 2.54 bits per heavy atom. The van der Waals surface area contributed by atoms with Crippen LogP contribution >= 0.6 is 35.6 Å². The van der Waals surface area contributed by atoms with Crippen molar-refractivity contribution in [2.24, 2.45) is 0 Å². The van der Waals surface area contributed by atoms with Crippen LogP contribution in [0.2, 0.25) is 10.0 Å². The zero-order valence-corrected chi connectivity index (χ0v) is 17.4. The quantitative estimate of drug-likeness (QED) is 0.802. The number of hydrogen-bond donors (Lipinski definition) is 1. The molecular formula is C20H23Cl3N2O. The second kappa shape index (κ2) is 8.28. The lowest BCUT2D eigenvalue weighted by Crippen LogP contribution is -2.60. The fourth-order valence-corrected chi connectivity index (χ4v) is 3.73. The van der Waals surface area contributed by atoms with E-state index < -0.39 is 5.54 Å². The van der Waals surface area contributed by atoms with Crippen molar-refractivity contribution < 1.29 is 4.79 Å². The number of carbonyl (C=O) groups excluding carboxylic acids is 1. The van der Waals surface area contributed by atoms with Crippen molar-refractivity contribution in [2.75, 3.05) is 14.1 Å². The second-order valence-electron chi connectivity index (χ2n) is 6.96. The number of likely N-dealkylation sites (N-methyl/N-ethyl adjacent to an activating group) is 1. The molecule has 1 heterocycles. The van der Waals surface area contributed by atoms with Gasteiger partial charge in [-0.05, 0) is 49.8 Å². The first kappa shape index (κ1) is 21.2. The highest BCUT2D eigenvalue weighted by Crippen LogP contribution is 2.33. The van der Waals surface area contributed by atoms with Gasteiger partial charge >= 0.3 is 0 Å². The summed E-state index contributed by atoms with van der Waals surface area (Å²) < 4.78 is 0. The molecule has 0 amide bonds. The van der Waals surface area contributed by atoms with Gasteiger partial charge in [-0.25, -0.2) is 0 Å². The van der Waals surface area contributed by atoms with Crippen LogP contribution in [0.15, 0.2) is 42.5 Å². The summed E-state index contributed by atoms with van der Waals surface area (Å²) in [5.41, 5.74) is 2.39. The molecule has 3 nitrogen and oxygen atoms in total. The van der Waals surface area contributed by atoms with Crippen molar-refractivity contribution in [1.29, 1.82) is 0 Å². The zero-order valence-electron chi connectivity index (χ0n) is 15.1. The van der Waals surface area contributed by atoms with Gasteiger partial charge in [-0.15, -0.1) is 12.4 Å². The molecule has 1 N–H and O–H groups in total. The first-order valence-electron chi connectivity index (χ1n) is 8.31. The Hall–Kier alpha value is -1.10. The molecule has 0 aliphatic carbocycles. The molecule has 26 heavy (non-hydrogen) atoms. The first-order valence-corrected chi connectivity index (χ1v) is 9.06. The summed E-state index contributed by atoms with van der Waals surface area (Å²) >= 11 is 12.1. The molecule has 140 valence electrons. The van der Waals surface area contributed by atoms with Gasteiger partial charge in [-0.2, -0.15) is 0 Å². The molecule has 2 aromatic rings. The lowest BCUT2D eigenvalue weighted by atomic mass is 9.78. The van der Waals surface area contributed by atoms with Crippen molar-refractivity contribution in [3.05, 3.63) is 69.2 Å². The highest BCUT2D eigenvalue weighted by molar-refractivity contribution is 6.42. The molecule has 3 rings (SSSR count). The van der Waals surface area contributed by atoms with E-state index in [9.17, 15) is 4.79 Å². The van der Waals surface area contributed by atoms with Crippen LogP contribution in [0, 0.1) is 0 Å². The lowest BCUT2D eigenvalue weighted by Gasteiger charge is -2.42. The van der Waals surface area contributed by atoms with Gasteiger partial charge in [0.1, 0.15) is 5.54 Å². The number of nitrogens with zero attached hydrogens (tertiary/aromatic N) is 1. The van der Waals surface area contributed by atoms with Gasteiger partial charge in [0, 0.05) is 12.8 Å². The van der Waals surface area contributed by atoms with Crippen molar-refractivity contribution in [2.45, 2.75) is 31.5 Å². The van der Waals surface area contributed by atoms with E-state index >= 15 is 0 Å². The second-order valence-corrected chi connectivity index (χ2v) is 7.77. The Bertz CT molecular complexity index is 809. The molecule has 2 aromatic carbocycles. The smallest absolute Gasteiger partial charge is 0.161 e. The SMILES string of the molecule is CN(C)C1Cc2ccccc2[C@](C)(C(=O)Cc2ccc(Cl)c(Cl)c2)N1.Cl. The Kier molecular flexibility index (Phi) is 6.75. The third-order valence-electron chi connectivity index (χ3n) is 4.95. The zero-order chi connectivity index (χ0) is 18.2. The van der Waals surface area contributed by atoms with E-state index in [1.807, 2.05) is 45.3 Å². The van der Waals surface area contributed by atoms with Gasteiger partial charge in [0.05, 0.1) is 16.2 Å². The van der Waals surface area contributed by atoms with E-state index in [0.29, 0.717) is 16.5 Å². The van der Waals surface area contributed by atoms with Gasteiger partial charge in [0.15, 0.2) is 5.78 Å². The lowest BCUT2D eigenvalue weighted by molar-refractivity contribution is -0.125. The molecule has 0 saturated heterocycles. The standard InChI is InChI=1S/C20H22Cl2N2O.ClH/c1-20(18(25)11-13-8-9-16(21)17(22)10-13)15-7-5-4-6-14(15)12-19(23-20)24(2)3;/h4-10,19,23H,11-12H2,1-3H3;1H/t19?,20-;/m1./s1. The average Bonchev–Trinajstić information content (AvgIpc) is 2.58. The van der Waals surface area contributed by atoms with Crippen molar-refractivity contribution in [3.8, 4) is 0 Å². The van der Waals surface area contributed by atoms with Crippen LogP contribution in [0.5, 0.6) is 0 Å². The summed E-state index contributed by atoms with van der Waals surface area (Å²) in [5, 5.41) is 4.52.